The standard InChI is InChI=1S/C14H16BrFN2O/c1-3-13-11(8-18(2)17-13)14(19)6-9-4-5-10(16)7-12(9)15/h4-5,7-8,14,19H,3,6H2,1-2H3. The van der Waals surface area contributed by atoms with E-state index in [0.29, 0.717) is 10.9 Å². The van der Waals surface area contributed by atoms with Gasteiger partial charge in [-0.25, -0.2) is 4.39 Å². The van der Waals surface area contributed by atoms with Gasteiger partial charge in [-0.2, -0.15) is 5.10 Å². The first-order valence-electron chi connectivity index (χ1n) is 6.15. The monoisotopic (exact) mass is 326 g/mol. The molecule has 0 aliphatic carbocycles. The molecule has 0 fully saturated rings. The van der Waals surface area contributed by atoms with Crippen molar-refractivity contribution in [3.8, 4) is 0 Å². The molecule has 0 bridgehead atoms. The number of aliphatic hydroxyl groups is 1. The summed E-state index contributed by atoms with van der Waals surface area (Å²) >= 11 is 3.32. The van der Waals surface area contributed by atoms with Crippen molar-refractivity contribution in [2.75, 3.05) is 0 Å². The molecule has 0 saturated heterocycles. The maximum atomic E-state index is 13.0. The molecule has 5 heteroatoms. The Balaban J connectivity index is 2.22. The molecule has 0 aliphatic heterocycles. The van der Waals surface area contributed by atoms with Gasteiger partial charge in [-0.1, -0.05) is 28.9 Å². The van der Waals surface area contributed by atoms with Crippen LogP contribution in [-0.4, -0.2) is 14.9 Å². The largest absolute Gasteiger partial charge is 0.388 e. The zero-order valence-electron chi connectivity index (χ0n) is 10.9. The summed E-state index contributed by atoms with van der Waals surface area (Å²) in [4.78, 5) is 0. The molecule has 1 aromatic carbocycles. The molecule has 2 rings (SSSR count). The predicted molar refractivity (Wildman–Crippen MR) is 75.3 cm³/mol. The van der Waals surface area contributed by atoms with E-state index < -0.39 is 6.10 Å². The Kier molecular flexibility index (Phi) is 4.37. The number of benzene rings is 1. The van der Waals surface area contributed by atoms with Crippen LogP contribution >= 0.6 is 15.9 Å². The Morgan fingerprint density at radius 2 is 2.21 bits per heavy atom. The minimum absolute atomic E-state index is 0.291. The lowest BCUT2D eigenvalue weighted by Gasteiger charge is -2.11. The van der Waals surface area contributed by atoms with Crippen molar-refractivity contribution in [2.24, 2.45) is 7.05 Å². The molecule has 0 aliphatic rings. The van der Waals surface area contributed by atoms with E-state index in [2.05, 4.69) is 21.0 Å². The highest BCUT2D eigenvalue weighted by Gasteiger charge is 2.17. The van der Waals surface area contributed by atoms with E-state index in [-0.39, 0.29) is 5.82 Å². The zero-order valence-corrected chi connectivity index (χ0v) is 12.5. The highest BCUT2D eigenvalue weighted by atomic mass is 79.9. The third kappa shape index (κ3) is 3.22. The van der Waals surface area contributed by atoms with E-state index in [1.165, 1.54) is 12.1 Å². The fourth-order valence-electron chi connectivity index (χ4n) is 2.11. The predicted octanol–water partition coefficient (Wildman–Crippen LogP) is 3.16. The van der Waals surface area contributed by atoms with Gasteiger partial charge in [0.05, 0.1) is 11.8 Å². The van der Waals surface area contributed by atoms with Crippen LogP contribution in [0.15, 0.2) is 28.9 Å². The second-order valence-electron chi connectivity index (χ2n) is 4.51. The molecule has 3 nitrogen and oxygen atoms in total. The molecule has 0 radical (unpaired) electrons. The molecule has 1 unspecified atom stereocenters. The first-order valence-corrected chi connectivity index (χ1v) is 6.95. The Bertz CT molecular complexity index is 583. The highest BCUT2D eigenvalue weighted by molar-refractivity contribution is 9.10. The van der Waals surface area contributed by atoms with Gasteiger partial charge >= 0.3 is 0 Å². The van der Waals surface area contributed by atoms with Crippen LogP contribution in [0.25, 0.3) is 0 Å². The molecule has 1 heterocycles. The molecule has 102 valence electrons. The van der Waals surface area contributed by atoms with Crippen LogP contribution in [0.2, 0.25) is 0 Å². The van der Waals surface area contributed by atoms with Crippen molar-refractivity contribution in [3.05, 3.63) is 51.5 Å². The number of hydrogen-bond acceptors (Lipinski definition) is 2. The fourth-order valence-corrected chi connectivity index (χ4v) is 2.62. The number of rotatable bonds is 4. The van der Waals surface area contributed by atoms with E-state index in [9.17, 15) is 9.50 Å². The van der Waals surface area contributed by atoms with Gasteiger partial charge in [-0.3, -0.25) is 4.68 Å². The van der Waals surface area contributed by atoms with Crippen LogP contribution in [-0.2, 0) is 19.9 Å². The van der Waals surface area contributed by atoms with Gasteiger partial charge in [0, 0.05) is 29.7 Å². The normalized spacial score (nSPS) is 12.7. The second kappa shape index (κ2) is 5.84. The van der Waals surface area contributed by atoms with Gasteiger partial charge in [0.15, 0.2) is 0 Å². The molecule has 0 spiro atoms. The smallest absolute Gasteiger partial charge is 0.124 e. The van der Waals surface area contributed by atoms with Crippen LogP contribution in [0.5, 0.6) is 0 Å². The third-order valence-corrected chi connectivity index (χ3v) is 3.80. The summed E-state index contributed by atoms with van der Waals surface area (Å²) in [5, 5.41) is 14.6. The molecule has 19 heavy (non-hydrogen) atoms. The topological polar surface area (TPSA) is 38.0 Å². The highest BCUT2D eigenvalue weighted by Crippen LogP contribution is 2.26. The average molecular weight is 327 g/mol. The molecule has 0 amide bonds. The second-order valence-corrected chi connectivity index (χ2v) is 5.37. The SMILES string of the molecule is CCc1nn(C)cc1C(O)Cc1ccc(F)cc1Br. The fraction of sp³-hybridized carbons (Fsp3) is 0.357. The van der Waals surface area contributed by atoms with Gasteiger partial charge < -0.3 is 5.11 Å². The minimum Gasteiger partial charge on any atom is -0.388 e. The lowest BCUT2D eigenvalue weighted by molar-refractivity contribution is 0.177. The quantitative estimate of drug-likeness (QED) is 0.937. The van der Waals surface area contributed by atoms with Crippen molar-refractivity contribution in [3.63, 3.8) is 0 Å². The van der Waals surface area contributed by atoms with Gasteiger partial charge in [0.2, 0.25) is 0 Å². The summed E-state index contributed by atoms with van der Waals surface area (Å²) in [5.41, 5.74) is 2.61. The van der Waals surface area contributed by atoms with E-state index in [4.69, 9.17) is 0 Å². The Labute approximate surface area is 120 Å². The molecule has 1 N–H and O–H groups in total. The van der Waals surface area contributed by atoms with Crippen molar-refractivity contribution in [1.82, 2.24) is 9.78 Å². The van der Waals surface area contributed by atoms with Crippen molar-refractivity contribution < 1.29 is 9.50 Å². The maximum absolute atomic E-state index is 13.0. The molecule has 1 aromatic heterocycles. The average Bonchev–Trinajstić information content (AvgIpc) is 2.74. The van der Waals surface area contributed by atoms with Crippen LogP contribution in [0, 0.1) is 5.82 Å². The summed E-state index contributed by atoms with van der Waals surface area (Å²) in [5.74, 6) is -0.291. The first-order chi connectivity index (χ1) is 9.01. The number of aliphatic hydroxyl groups excluding tert-OH is 1. The molecule has 2 aromatic rings. The minimum atomic E-state index is -0.634. The summed E-state index contributed by atoms with van der Waals surface area (Å²) in [7, 11) is 1.84. The Morgan fingerprint density at radius 1 is 1.47 bits per heavy atom. The van der Waals surface area contributed by atoms with Crippen molar-refractivity contribution in [1.29, 1.82) is 0 Å². The number of aromatic nitrogens is 2. The summed E-state index contributed by atoms with van der Waals surface area (Å²) in [6.07, 6.45) is 2.41. The Hall–Kier alpha value is -1.20. The molecule has 0 saturated carbocycles. The van der Waals surface area contributed by atoms with E-state index in [1.807, 2.05) is 20.2 Å². The van der Waals surface area contributed by atoms with Crippen LogP contribution in [0.3, 0.4) is 0 Å². The molecular formula is C14H16BrFN2O. The number of nitrogens with zero attached hydrogens (tertiary/aromatic N) is 2. The van der Waals surface area contributed by atoms with Gasteiger partial charge in [0.25, 0.3) is 0 Å². The van der Waals surface area contributed by atoms with E-state index >= 15 is 0 Å². The molecule has 1 atom stereocenters. The van der Waals surface area contributed by atoms with Crippen LogP contribution in [0.4, 0.5) is 4.39 Å². The number of hydrogen-bond donors (Lipinski definition) is 1. The number of aryl methyl sites for hydroxylation is 2. The van der Waals surface area contributed by atoms with Crippen LogP contribution < -0.4 is 0 Å². The van der Waals surface area contributed by atoms with Crippen molar-refractivity contribution in [2.45, 2.75) is 25.9 Å². The van der Waals surface area contributed by atoms with Crippen LogP contribution in [0.1, 0.15) is 29.8 Å². The number of halogens is 2. The first kappa shape index (κ1) is 14.2. The zero-order chi connectivity index (χ0) is 14.0. The lowest BCUT2D eigenvalue weighted by Crippen LogP contribution is -2.04. The summed E-state index contributed by atoms with van der Waals surface area (Å²) in [6.45, 7) is 2.01. The summed E-state index contributed by atoms with van der Waals surface area (Å²) < 4.78 is 15.4. The third-order valence-electron chi connectivity index (χ3n) is 3.06. The lowest BCUT2D eigenvalue weighted by atomic mass is 10.0. The summed E-state index contributed by atoms with van der Waals surface area (Å²) in [6, 6.07) is 4.49. The Morgan fingerprint density at radius 3 is 2.84 bits per heavy atom. The van der Waals surface area contributed by atoms with Gasteiger partial charge in [-0.15, -0.1) is 0 Å². The van der Waals surface area contributed by atoms with E-state index in [0.717, 1.165) is 23.2 Å². The van der Waals surface area contributed by atoms with Gasteiger partial charge in [-0.05, 0) is 24.1 Å². The van der Waals surface area contributed by atoms with E-state index in [1.54, 1.807) is 10.7 Å². The molecular weight excluding hydrogens is 311 g/mol. The van der Waals surface area contributed by atoms with Crippen molar-refractivity contribution >= 4 is 15.9 Å². The maximum Gasteiger partial charge on any atom is 0.124 e. The van der Waals surface area contributed by atoms with Gasteiger partial charge in [0.1, 0.15) is 5.82 Å².